The van der Waals surface area contributed by atoms with Crippen LogP contribution in [-0.4, -0.2) is 34.5 Å². The van der Waals surface area contributed by atoms with Crippen LogP contribution in [0.5, 0.6) is 0 Å². The highest BCUT2D eigenvalue weighted by Gasteiger charge is 2.61. The Hall–Kier alpha value is -0.870. The summed E-state index contributed by atoms with van der Waals surface area (Å²) < 4.78 is 5.75. The lowest BCUT2D eigenvalue weighted by molar-refractivity contribution is -0.167. The predicted molar refractivity (Wildman–Crippen MR) is 94.7 cm³/mol. The highest BCUT2D eigenvalue weighted by molar-refractivity contribution is 5.66. The average Bonchev–Trinajstić information content (AvgIpc) is 2.84. The normalized spacial score (nSPS) is 51.8. The van der Waals surface area contributed by atoms with Gasteiger partial charge in [-0.25, -0.2) is 0 Å². The molecule has 0 radical (unpaired) electrons. The molecule has 1 unspecified atom stereocenters. The molecule has 4 heteroatoms. The molecular weight excluding hydrogens is 316 g/mol. The van der Waals surface area contributed by atoms with Crippen LogP contribution in [0.2, 0.25) is 0 Å². The number of allylic oxidation sites excluding steroid dienone is 1. The molecule has 4 aliphatic rings. The van der Waals surface area contributed by atoms with Crippen molar-refractivity contribution in [2.45, 2.75) is 84.0 Å². The third kappa shape index (κ3) is 2.43. The fraction of sp³-hybridized carbons (Fsp3) is 0.857. The summed E-state index contributed by atoms with van der Waals surface area (Å²) in [4.78, 5) is 11.7. The second-order valence-electron chi connectivity index (χ2n) is 9.45. The van der Waals surface area contributed by atoms with Crippen LogP contribution in [-0.2, 0) is 9.53 Å². The van der Waals surface area contributed by atoms with Gasteiger partial charge in [-0.2, -0.15) is 0 Å². The molecule has 0 bridgehead atoms. The summed E-state index contributed by atoms with van der Waals surface area (Å²) in [6.07, 6.45) is 7.97. The number of fused-ring (bicyclic) bond motifs is 5. The Bertz CT molecular complexity index is 599. The summed E-state index contributed by atoms with van der Waals surface area (Å²) in [5.41, 5.74) is 1.18. The molecule has 140 valence electrons. The fourth-order valence-corrected chi connectivity index (χ4v) is 7.02. The van der Waals surface area contributed by atoms with Gasteiger partial charge in [-0.1, -0.05) is 25.5 Å². The Balaban J connectivity index is 1.71. The third-order valence-corrected chi connectivity index (χ3v) is 8.40. The van der Waals surface area contributed by atoms with Gasteiger partial charge in [-0.05, 0) is 61.7 Å². The topological polar surface area (TPSA) is 66.8 Å². The van der Waals surface area contributed by atoms with Gasteiger partial charge in [-0.3, -0.25) is 4.79 Å². The second kappa shape index (κ2) is 5.82. The van der Waals surface area contributed by atoms with Crippen molar-refractivity contribution < 1.29 is 19.7 Å². The van der Waals surface area contributed by atoms with E-state index in [4.69, 9.17) is 4.74 Å². The zero-order valence-electron chi connectivity index (χ0n) is 15.7. The minimum Gasteiger partial charge on any atom is -0.462 e. The van der Waals surface area contributed by atoms with E-state index < -0.39 is 6.10 Å². The van der Waals surface area contributed by atoms with Gasteiger partial charge in [0.25, 0.3) is 0 Å². The quantitative estimate of drug-likeness (QED) is 0.564. The first-order valence-corrected chi connectivity index (χ1v) is 9.99. The minimum absolute atomic E-state index is 0.0496. The first kappa shape index (κ1) is 17.5. The third-order valence-electron chi connectivity index (χ3n) is 8.40. The average molecular weight is 348 g/mol. The van der Waals surface area contributed by atoms with Crippen LogP contribution in [0.3, 0.4) is 0 Å². The van der Waals surface area contributed by atoms with Gasteiger partial charge in [0.05, 0.1) is 12.2 Å². The zero-order chi connectivity index (χ0) is 18.0. The summed E-state index contributed by atoms with van der Waals surface area (Å²) in [7, 11) is 0. The Morgan fingerprint density at radius 1 is 1.20 bits per heavy atom. The van der Waals surface area contributed by atoms with Gasteiger partial charge in [0.2, 0.25) is 0 Å². The van der Waals surface area contributed by atoms with E-state index >= 15 is 0 Å². The molecule has 0 amide bonds. The second-order valence-corrected chi connectivity index (χ2v) is 9.45. The SMILES string of the molecule is CC(=O)OC1C[C@H](O)CC2=CC[C@H]3[C@@H]4CC[C@H](O)[C@@]4(C)CC[C@@H]3[C@]21C. The molecule has 0 aliphatic heterocycles. The number of rotatable bonds is 1. The lowest BCUT2D eigenvalue weighted by atomic mass is 9.47. The van der Waals surface area contributed by atoms with E-state index in [1.54, 1.807) is 0 Å². The first-order chi connectivity index (χ1) is 11.8. The maximum Gasteiger partial charge on any atom is 0.302 e. The Morgan fingerprint density at radius 2 is 1.96 bits per heavy atom. The van der Waals surface area contributed by atoms with Crippen LogP contribution >= 0.6 is 0 Å². The van der Waals surface area contributed by atoms with Crippen molar-refractivity contribution in [3.8, 4) is 0 Å². The molecule has 8 atom stereocenters. The molecule has 0 aromatic carbocycles. The zero-order valence-corrected chi connectivity index (χ0v) is 15.7. The number of carbonyl (C=O) groups excluding carboxylic acids is 1. The van der Waals surface area contributed by atoms with Crippen molar-refractivity contribution in [1.29, 1.82) is 0 Å². The molecule has 25 heavy (non-hydrogen) atoms. The molecule has 0 spiro atoms. The van der Waals surface area contributed by atoms with Gasteiger partial charge in [0.1, 0.15) is 6.10 Å². The van der Waals surface area contributed by atoms with Crippen LogP contribution in [0, 0.1) is 28.6 Å². The number of esters is 1. The van der Waals surface area contributed by atoms with Gasteiger partial charge >= 0.3 is 5.97 Å². The number of hydrogen-bond acceptors (Lipinski definition) is 4. The van der Waals surface area contributed by atoms with Crippen LogP contribution in [0.4, 0.5) is 0 Å². The van der Waals surface area contributed by atoms with Gasteiger partial charge in [0, 0.05) is 18.8 Å². The van der Waals surface area contributed by atoms with Crippen molar-refractivity contribution in [2.24, 2.45) is 28.6 Å². The van der Waals surface area contributed by atoms with Crippen molar-refractivity contribution in [2.75, 3.05) is 0 Å². The smallest absolute Gasteiger partial charge is 0.302 e. The van der Waals surface area contributed by atoms with Gasteiger partial charge < -0.3 is 14.9 Å². The van der Waals surface area contributed by atoms with E-state index in [9.17, 15) is 15.0 Å². The minimum atomic E-state index is -0.414. The molecule has 4 nitrogen and oxygen atoms in total. The molecule has 3 fully saturated rings. The van der Waals surface area contributed by atoms with E-state index in [0.717, 1.165) is 32.1 Å². The summed E-state index contributed by atoms with van der Waals surface area (Å²) in [5, 5.41) is 20.9. The number of hydrogen-bond donors (Lipinski definition) is 2. The first-order valence-electron chi connectivity index (χ1n) is 9.99. The van der Waals surface area contributed by atoms with Crippen molar-refractivity contribution in [3.63, 3.8) is 0 Å². The summed E-state index contributed by atoms with van der Waals surface area (Å²) in [6.45, 7) is 6.02. The number of ether oxygens (including phenoxy) is 1. The highest BCUT2D eigenvalue weighted by atomic mass is 16.5. The van der Waals surface area contributed by atoms with Crippen LogP contribution in [0.1, 0.15) is 65.7 Å². The molecule has 0 saturated heterocycles. The van der Waals surface area contributed by atoms with E-state index in [0.29, 0.717) is 30.6 Å². The van der Waals surface area contributed by atoms with Crippen LogP contribution in [0.25, 0.3) is 0 Å². The fourth-order valence-electron chi connectivity index (χ4n) is 7.02. The number of carbonyl (C=O) groups is 1. The van der Waals surface area contributed by atoms with Gasteiger partial charge in [0.15, 0.2) is 0 Å². The van der Waals surface area contributed by atoms with E-state index in [2.05, 4.69) is 19.9 Å². The largest absolute Gasteiger partial charge is 0.462 e. The van der Waals surface area contributed by atoms with E-state index in [1.807, 2.05) is 0 Å². The number of aliphatic hydroxyl groups is 2. The molecule has 0 aromatic heterocycles. The Kier molecular flexibility index (Phi) is 4.08. The van der Waals surface area contributed by atoms with E-state index in [1.165, 1.54) is 12.5 Å². The molecule has 3 saturated carbocycles. The molecule has 2 N–H and O–H groups in total. The highest BCUT2D eigenvalue weighted by Crippen LogP contribution is 2.65. The molecule has 4 rings (SSSR count). The Labute approximate surface area is 150 Å². The molecular formula is C21H32O4. The maximum absolute atomic E-state index is 11.7. The molecule has 0 heterocycles. The summed E-state index contributed by atoms with van der Waals surface area (Å²) >= 11 is 0. The molecule has 0 aromatic rings. The number of aliphatic hydroxyl groups excluding tert-OH is 2. The monoisotopic (exact) mass is 348 g/mol. The standard InChI is InChI=1S/C21H32O4/c1-12(22)25-19-11-14(23)10-13-4-5-15-16-6-7-18(24)20(16,2)9-8-17(15)21(13,19)3/h4,14-19,23-24H,5-11H2,1-3H3/t14-,15+,16+,17+,18+,19?,20+,21+/m1/s1. The predicted octanol–water partition coefficient (Wildman–Crippen LogP) is 3.21. The van der Waals surface area contributed by atoms with E-state index in [-0.39, 0.29) is 29.0 Å². The lowest BCUT2D eigenvalue weighted by Crippen LogP contribution is -2.56. The van der Waals surface area contributed by atoms with Crippen molar-refractivity contribution in [1.82, 2.24) is 0 Å². The lowest BCUT2D eigenvalue weighted by Gasteiger charge is -2.59. The summed E-state index contributed by atoms with van der Waals surface area (Å²) in [6, 6.07) is 0. The maximum atomic E-state index is 11.7. The van der Waals surface area contributed by atoms with Gasteiger partial charge in [-0.15, -0.1) is 0 Å². The summed E-state index contributed by atoms with van der Waals surface area (Å²) in [5.74, 6) is 1.34. The molecule has 4 aliphatic carbocycles. The van der Waals surface area contributed by atoms with Crippen molar-refractivity contribution in [3.05, 3.63) is 11.6 Å². The van der Waals surface area contributed by atoms with Crippen LogP contribution in [0.15, 0.2) is 11.6 Å². The van der Waals surface area contributed by atoms with Crippen LogP contribution < -0.4 is 0 Å². The van der Waals surface area contributed by atoms with Crippen molar-refractivity contribution >= 4 is 5.97 Å². The Morgan fingerprint density at radius 3 is 2.68 bits per heavy atom.